The zero-order valence-electron chi connectivity index (χ0n) is 18.1. The first-order chi connectivity index (χ1) is 14.5. The number of esters is 1. The van der Waals surface area contributed by atoms with E-state index in [1.807, 2.05) is 0 Å². The van der Waals surface area contributed by atoms with Gasteiger partial charge in [0.2, 0.25) is 5.91 Å². The van der Waals surface area contributed by atoms with Crippen molar-refractivity contribution in [3.05, 3.63) is 17.5 Å². The summed E-state index contributed by atoms with van der Waals surface area (Å²) in [5.41, 5.74) is -0.973. The molecular weight excluding hydrogens is 415 g/mol. The van der Waals surface area contributed by atoms with Crippen molar-refractivity contribution >= 4 is 11.9 Å². The average molecular weight is 443 g/mol. The van der Waals surface area contributed by atoms with E-state index in [-0.39, 0.29) is 22.9 Å². The van der Waals surface area contributed by atoms with Crippen molar-refractivity contribution in [1.82, 2.24) is 14.7 Å². The number of nitrogens with zero attached hydrogens (tertiary/aromatic N) is 3. The van der Waals surface area contributed by atoms with Gasteiger partial charge in [0, 0.05) is 19.1 Å². The summed E-state index contributed by atoms with van der Waals surface area (Å²) in [4.78, 5) is 27.3. The molecule has 3 aliphatic rings. The molecular formula is C21H28F3N3O4. The highest BCUT2D eigenvalue weighted by Crippen LogP contribution is 2.65. The highest BCUT2D eigenvalue weighted by atomic mass is 19.4. The van der Waals surface area contributed by atoms with Crippen LogP contribution in [0.1, 0.15) is 63.6 Å². The topological polar surface area (TPSA) is 73.7 Å². The standard InChI is InChI=1S/C21H28F3N3O4/c1-11(18(28)26-10-12-16(20(12,2)3)17(26)19(29)30-4)13-9-14(21(22,23)24)25-27(13)15-7-5-6-8-31-15/h9,11-12,15-17H,5-8,10H2,1-4H3/t11?,12-,15?,16-,17-/m0/s1. The number of carbonyl (C=O) groups is 2. The van der Waals surface area contributed by atoms with Gasteiger partial charge in [0.25, 0.3) is 0 Å². The van der Waals surface area contributed by atoms with E-state index in [2.05, 4.69) is 18.9 Å². The van der Waals surface area contributed by atoms with Gasteiger partial charge in [-0.3, -0.25) is 4.79 Å². The lowest BCUT2D eigenvalue weighted by Crippen LogP contribution is -2.47. The third-order valence-electron chi connectivity index (χ3n) is 7.23. The highest BCUT2D eigenvalue weighted by Gasteiger charge is 2.70. The summed E-state index contributed by atoms with van der Waals surface area (Å²) >= 11 is 0. The predicted molar refractivity (Wildman–Crippen MR) is 103 cm³/mol. The van der Waals surface area contributed by atoms with Gasteiger partial charge in [-0.25, -0.2) is 9.48 Å². The largest absolute Gasteiger partial charge is 0.467 e. The molecule has 3 fully saturated rings. The predicted octanol–water partition coefficient (Wildman–Crippen LogP) is 3.36. The van der Waals surface area contributed by atoms with Crippen LogP contribution in [-0.2, 0) is 25.2 Å². The van der Waals surface area contributed by atoms with Crippen molar-refractivity contribution in [2.75, 3.05) is 20.3 Å². The Morgan fingerprint density at radius 3 is 2.61 bits per heavy atom. The molecule has 2 unspecified atom stereocenters. The molecule has 0 aromatic carbocycles. The lowest BCUT2D eigenvalue weighted by atomic mass is 9.98. The second-order valence-corrected chi connectivity index (χ2v) is 9.35. The maximum Gasteiger partial charge on any atom is 0.435 e. The monoisotopic (exact) mass is 443 g/mol. The second kappa shape index (κ2) is 7.50. The van der Waals surface area contributed by atoms with Crippen LogP contribution in [0.3, 0.4) is 0 Å². The molecule has 1 aliphatic carbocycles. The number of likely N-dealkylation sites (tertiary alicyclic amines) is 1. The number of rotatable bonds is 4. The molecule has 1 amide bonds. The molecule has 2 aliphatic heterocycles. The molecule has 1 saturated carbocycles. The van der Waals surface area contributed by atoms with Crippen LogP contribution >= 0.6 is 0 Å². The van der Waals surface area contributed by atoms with Crippen LogP contribution < -0.4 is 0 Å². The average Bonchev–Trinajstić information content (AvgIpc) is 3.15. The van der Waals surface area contributed by atoms with E-state index < -0.39 is 41.9 Å². The number of alkyl halides is 3. The Labute approximate surface area is 178 Å². The Morgan fingerprint density at radius 2 is 2.03 bits per heavy atom. The van der Waals surface area contributed by atoms with E-state index in [9.17, 15) is 22.8 Å². The first kappa shape index (κ1) is 22.1. The van der Waals surface area contributed by atoms with E-state index in [4.69, 9.17) is 9.47 Å². The number of ether oxygens (including phenoxy) is 2. The van der Waals surface area contributed by atoms with Crippen molar-refractivity contribution in [2.24, 2.45) is 17.3 Å². The number of hydrogen-bond donors (Lipinski definition) is 0. The number of methoxy groups -OCH3 is 1. The van der Waals surface area contributed by atoms with E-state index in [0.29, 0.717) is 19.6 Å². The maximum absolute atomic E-state index is 13.4. The molecule has 0 spiro atoms. The summed E-state index contributed by atoms with van der Waals surface area (Å²) in [5.74, 6) is -1.64. The molecule has 0 N–H and O–H groups in total. The zero-order valence-corrected chi connectivity index (χ0v) is 18.1. The first-order valence-corrected chi connectivity index (χ1v) is 10.6. The molecule has 3 heterocycles. The smallest absolute Gasteiger partial charge is 0.435 e. The fraction of sp³-hybridized carbons (Fsp3) is 0.762. The Morgan fingerprint density at radius 1 is 1.32 bits per heavy atom. The van der Waals surface area contributed by atoms with E-state index in [1.165, 1.54) is 16.7 Å². The minimum absolute atomic E-state index is 0.00609. The molecule has 0 radical (unpaired) electrons. The maximum atomic E-state index is 13.4. The number of hydrogen-bond acceptors (Lipinski definition) is 5. The number of carbonyl (C=O) groups excluding carboxylic acids is 2. The van der Waals surface area contributed by atoms with Crippen LogP contribution in [-0.4, -0.2) is 52.9 Å². The fourth-order valence-electron chi connectivity index (χ4n) is 5.30. The Hall–Kier alpha value is -2.10. The van der Waals surface area contributed by atoms with Crippen molar-refractivity contribution in [3.8, 4) is 0 Å². The van der Waals surface area contributed by atoms with Gasteiger partial charge in [-0.15, -0.1) is 0 Å². The highest BCUT2D eigenvalue weighted by molar-refractivity contribution is 5.90. The zero-order chi connectivity index (χ0) is 22.7. The molecule has 1 aromatic rings. The van der Waals surface area contributed by atoms with E-state index >= 15 is 0 Å². The van der Waals surface area contributed by atoms with Crippen molar-refractivity contribution in [3.63, 3.8) is 0 Å². The fourth-order valence-corrected chi connectivity index (χ4v) is 5.30. The molecule has 2 saturated heterocycles. The molecule has 7 nitrogen and oxygen atoms in total. The van der Waals surface area contributed by atoms with Crippen LogP contribution in [0, 0.1) is 17.3 Å². The van der Waals surface area contributed by atoms with Crippen LogP contribution in [0.4, 0.5) is 13.2 Å². The van der Waals surface area contributed by atoms with Crippen LogP contribution in [0.15, 0.2) is 6.07 Å². The number of piperidine rings is 1. The molecule has 0 bridgehead atoms. The van der Waals surface area contributed by atoms with Gasteiger partial charge in [0.15, 0.2) is 5.69 Å². The van der Waals surface area contributed by atoms with Crippen LogP contribution in [0.25, 0.3) is 0 Å². The second-order valence-electron chi connectivity index (χ2n) is 9.35. The van der Waals surface area contributed by atoms with Crippen LogP contribution in [0.5, 0.6) is 0 Å². The molecule has 31 heavy (non-hydrogen) atoms. The summed E-state index contributed by atoms with van der Waals surface area (Å²) in [6.45, 7) is 6.48. The van der Waals surface area contributed by atoms with Gasteiger partial charge in [0.1, 0.15) is 12.3 Å². The third-order valence-corrected chi connectivity index (χ3v) is 7.23. The molecule has 5 atom stereocenters. The van der Waals surface area contributed by atoms with Crippen LogP contribution in [0.2, 0.25) is 0 Å². The summed E-state index contributed by atoms with van der Waals surface area (Å²) in [7, 11) is 1.28. The van der Waals surface area contributed by atoms with Gasteiger partial charge in [-0.1, -0.05) is 13.8 Å². The van der Waals surface area contributed by atoms with E-state index in [1.54, 1.807) is 6.92 Å². The van der Waals surface area contributed by atoms with Gasteiger partial charge >= 0.3 is 12.1 Å². The lowest BCUT2D eigenvalue weighted by Gasteiger charge is -2.32. The molecule has 172 valence electrons. The Bertz CT molecular complexity index is 876. The third kappa shape index (κ3) is 3.62. The quantitative estimate of drug-likeness (QED) is 0.668. The Kier molecular flexibility index (Phi) is 5.34. The normalized spacial score (nSPS) is 30.6. The number of amides is 1. The number of halogens is 3. The van der Waals surface area contributed by atoms with Gasteiger partial charge in [-0.2, -0.15) is 18.3 Å². The first-order valence-electron chi connectivity index (χ1n) is 10.6. The molecule has 1 aromatic heterocycles. The molecule has 4 rings (SSSR count). The Balaban J connectivity index is 1.64. The van der Waals surface area contributed by atoms with Gasteiger partial charge in [-0.05, 0) is 43.6 Å². The SMILES string of the molecule is COC(=O)[C@@H]1[C@@H]2[C@H](CN1C(=O)C(C)c1cc(C(F)(F)F)nn1C1CCCCO1)C2(C)C. The number of fused-ring (bicyclic) bond motifs is 1. The van der Waals surface area contributed by atoms with E-state index in [0.717, 1.165) is 18.9 Å². The number of aromatic nitrogens is 2. The minimum Gasteiger partial charge on any atom is -0.467 e. The summed E-state index contributed by atoms with van der Waals surface area (Å²) < 4.78 is 52.0. The minimum atomic E-state index is -4.63. The van der Waals surface area contributed by atoms with Crippen molar-refractivity contribution < 1.29 is 32.2 Å². The summed E-state index contributed by atoms with van der Waals surface area (Å²) in [6.07, 6.45) is -3.11. The summed E-state index contributed by atoms with van der Waals surface area (Å²) in [6, 6.07) is 0.207. The molecule has 10 heteroatoms. The summed E-state index contributed by atoms with van der Waals surface area (Å²) in [5, 5.41) is 3.76. The van der Waals surface area contributed by atoms with Crippen molar-refractivity contribution in [2.45, 2.75) is 64.4 Å². The van der Waals surface area contributed by atoms with Gasteiger partial charge < -0.3 is 14.4 Å². The van der Waals surface area contributed by atoms with Gasteiger partial charge in [0.05, 0.1) is 18.7 Å². The lowest BCUT2D eigenvalue weighted by molar-refractivity contribution is -0.153. The van der Waals surface area contributed by atoms with Crippen molar-refractivity contribution in [1.29, 1.82) is 0 Å².